The Morgan fingerprint density at radius 3 is 2.79 bits per heavy atom. The lowest BCUT2D eigenvalue weighted by Crippen LogP contribution is -2.28. The van der Waals surface area contributed by atoms with Crippen molar-refractivity contribution in [2.75, 3.05) is 23.9 Å². The van der Waals surface area contributed by atoms with Crippen molar-refractivity contribution in [1.29, 1.82) is 0 Å². The highest BCUT2D eigenvalue weighted by Crippen LogP contribution is 2.34. The lowest BCUT2D eigenvalue weighted by molar-refractivity contribution is -0.122. The van der Waals surface area contributed by atoms with E-state index in [1.807, 2.05) is 30.5 Å². The van der Waals surface area contributed by atoms with Crippen molar-refractivity contribution >= 4 is 39.7 Å². The Labute approximate surface area is 192 Å². The topological polar surface area (TPSA) is 88.8 Å². The number of carbonyl (C=O) groups is 2. The number of aryl methyl sites for hydroxylation is 1. The highest BCUT2D eigenvalue weighted by molar-refractivity contribution is 7.15. The summed E-state index contributed by atoms with van der Waals surface area (Å²) in [7, 11) is 1.55. The molecule has 8 nitrogen and oxygen atoms in total. The molecule has 1 N–H and O–H groups in total. The molecule has 1 unspecified atom stereocenters. The van der Waals surface area contributed by atoms with Crippen molar-refractivity contribution in [3.05, 3.63) is 59.2 Å². The van der Waals surface area contributed by atoms with Crippen LogP contribution in [0.1, 0.15) is 12.0 Å². The highest BCUT2D eigenvalue weighted by atomic mass is 32.1. The van der Waals surface area contributed by atoms with Crippen LogP contribution >= 0.6 is 11.3 Å². The largest absolute Gasteiger partial charge is 0.495 e. The summed E-state index contributed by atoms with van der Waals surface area (Å²) in [6.07, 6.45) is 0.0893. The number of ether oxygens (including phenoxy) is 1. The van der Waals surface area contributed by atoms with Crippen LogP contribution in [0.25, 0.3) is 16.2 Å². The second-order valence-corrected chi connectivity index (χ2v) is 8.66. The lowest BCUT2D eigenvalue weighted by Gasteiger charge is -2.20. The minimum absolute atomic E-state index is 0.0893. The molecular weight excluding hydrogens is 445 g/mol. The van der Waals surface area contributed by atoms with E-state index < -0.39 is 5.92 Å². The fraction of sp³-hybridized carbons (Fsp3) is 0.217. The quantitative estimate of drug-likeness (QED) is 0.483. The minimum atomic E-state index is -0.541. The molecule has 1 aliphatic heterocycles. The minimum Gasteiger partial charge on any atom is -0.495 e. The van der Waals surface area contributed by atoms with Crippen LogP contribution in [-0.2, 0) is 9.59 Å². The van der Waals surface area contributed by atoms with E-state index in [1.165, 1.54) is 23.5 Å². The number of hydrogen-bond donors (Lipinski definition) is 1. The predicted octanol–water partition coefficient (Wildman–Crippen LogP) is 3.91. The monoisotopic (exact) mass is 465 g/mol. The number of hydrogen-bond acceptors (Lipinski definition) is 6. The number of benzene rings is 2. The number of fused-ring (bicyclic) bond motifs is 1. The van der Waals surface area contributed by atoms with Gasteiger partial charge in [-0.1, -0.05) is 6.07 Å². The molecule has 1 fully saturated rings. The molecule has 0 saturated carbocycles. The molecule has 0 radical (unpaired) electrons. The average molecular weight is 466 g/mol. The van der Waals surface area contributed by atoms with E-state index in [1.54, 1.807) is 28.7 Å². The zero-order valence-corrected chi connectivity index (χ0v) is 18.7. The summed E-state index contributed by atoms with van der Waals surface area (Å²) >= 11 is 1.36. The van der Waals surface area contributed by atoms with Crippen molar-refractivity contribution in [2.24, 2.45) is 5.92 Å². The number of aromatic nitrogens is 3. The first kappa shape index (κ1) is 21.1. The maximum atomic E-state index is 13.2. The van der Waals surface area contributed by atoms with E-state index in [4.69, 9.17) is 4.74 Å². The van der Waals surface area contributed by atoms with Gasteiger partial charge >= 0.3 is 0 Å². The molecule has 2 aromatic heterocycles. The summed E-state index contributed by atoms with van der Waals surface area (Å²) in [5, 5.41) is 9.00. The maximum absolute atomic E-state index is 13.2. The second-order valence-electron chi connectivity index (χ2n) is 7.83. The van der Waals surface area contributed by atoms with Crippen molar-refractivity contribution in [2.45, 2.75) is 13.3 Å². The van der Waals surface area contributed by atoms with E-state index in [9.17, 15) is 14.0 Å². The molecule has 0 spiro atoms. The molecule has 4 aromatic rings. The Hall–Kier alpha value is -3.79. The molecule has 1 aliphatic rings. The molecule has 33 heavy (non-hydrogen) atoms. The van der Waals surface area contributed by atoms with Crippen molar-refractivity contribution < 1.29 is 18.7 Å². The molecular formula is C23H20FN5O3S. The summed E-state index contributed by atoms with van der Waals surface area (Å²) in [5.74, 6) is -0.579. The number of nitrogens with one attached hydrogen (secondary N) is 1. The second kappa shape index (κ2) is 8.28. The number of anilines is 2. The number of halogens is 1. The van der Waals surface area contributed by atoms with Gasteiger partial charge < -0.3 is 9.64 Å². The first-order valence-corrected chi connectivity index (χ1v) is 11.2. The number of nitrogens with zero attached hydrogens (tertiary/aromatic N) is 4. The number of thiazole rings is 1. The third-order valence-corrected chi connectivity index (χ3v) is 6.39. The van der Waals surface area contributed by atoms with Crippen molar-refractivity contribution in [3.8, 4) is 17.0 Å². The Morgan fingerprint density at radius 1 is 1.24 bits per heavy atom. The maximum Gasteiger partial charge on any atom is 0.250 e. The molecule has 168 valence electrons. The van der Waals surface area contributed by atoms with E-state index in [0.717, 1.165) is 16.8 Å². The van der Waals surface area contributed by atoms with Crippen molar-refractivity contribution in [1.82, 2.24) is 14.6 Å². The van der Waals surface area contributed by atoms with Crippen molar-refractivity contribution in [3.63, 3.8) is 0 Å². The van der Waals surface area contributed by atoms with Gasteiger partial charge in [0.15, 0.2) is 0 Å². The average Bonchev–Trinajstić information content (AvgIpc) is 3.48. The Kier molecular flexibility index (Phi) is 5.29. The highest BCUT2D eigenvalue weighted by Gasteiger charge is 2.36. The standard InChI is InChI=1S/C23H20FN5O3S/c1-13-3-8-19(32-2)17(9-13)28-11-15(10-20(28)30)21(31)25-22-26-23-29(27-22)18(12-33-23)14-4-6-16(24)7-5-14/h3-9,12,15H,10-11H2,1-2H3,(H,25,27,31). The van der Waals surface area contributed by atoms with Crippen LogP contribution in [0.4, 0.5) is 16.0 Å². The summed E-state index contributed by atoms with van der Waals surface area (Å²) < 4.78 is 20.3. The molecule has 1 atom stereocenters. The number of carbonyl (C=O) groups excluding carboxylic acids is 2. The van der Waals surface area contributed by atoms with Gasteiger partial charge in [0.2, 0.25) is 22.7 Å². The van der Waals surface area contributed by atoms with Gasteiger partial charge in [0.25, 0.3) is 0 Å². The fourth-order valence-corrected chi connectivity index (χ4v) is 4.72. The van der Waals surface area contributed by atoms with Crippen LogP contribution in [0.15, 0.2) is 47.8 Å². The molecule has 0 aliphatic carbocycles. The molecule has 10 heteroatoms. The summed E-state index contributed by atoms with van der Waals surface area (Å²) in [4.78, 5) is 32.1. The number of methoxy groups -OCH3 is 1. The number of amides is 2. The third kappa shape index (κ3) is 3.93. The third-order valence-electron chi connectivity index (χ3n) is 5.58. The summed E-state index contributed by atoms with van der Waals surface area (Å²) in [6.45, 7) is 2.18. The van der Waals surface area contributed by atoms with E-state index in [0.29, 0.717) is 16.4 Å². The van der Waals surface area contributed by atoms with Crippen LogP contribution in [0.3, 0.4) is 0 Å². The Morgan fingerprint density at radius 2 is 2.03 bits per heavy atom. The lowest BCUT2D eigenvalue weighted by atomic mass is 10.1. The van der Waals surface area contributed by atoms with Gasteiger partial charge in [0.1, 0.15) is 11.6 Å². The number of rotatable bonds is 5. The smallest absolute Gasteiger partial charge is 0.250 e. The van der Waals surface area contributed by atoms with Crippen LogP contribution in [0.2, 0.25) is 0 Å². The Balaban J connectivity index is 1.34. The first-order valence-electron chi connectivity index (χ1n) is 10.3. The van der Waals surface area contributed by atoms with Gasteiger partial charge in [-0.3, -0.25) is 14.9 Å². The first-order chi connectivity index (χ1) is 15.9. The molecule has 0 bridgehead atoms. The van der Waals surface area contributed by atoms with Gasteiger partial charge in [-0.15, -0.1) is 16.4 Å². The van der Waals surface area contributed by atoms with E-state index in [2.05, 4.69) is 15.4 Å². The van der Waals surface area contributed by atoms with Crippen LogP contribution in [-0.4, -0.2) is 40.1 Å². The zero-order valence-electron chi connectivity index (χ0n) is 17.9. The summed E-state index contributed by atoms with van der Waals surface area (Å²) in [6, 6.07) is 11.7. The molecule has 3 heterocycles. The SMILES string of the molecule is COc1ccc(C)cc1N1CC(C(=O)Nc2nc3scc(-c4ccc(F)cc4)n3n2)CC1=O. The zero-order chi connectivity index (χ0) is 23.1. The predicted molar refractivity (Wildman–Crippen MR) is 123 cm³/mol. The van der Waals surface area contributed by atoms with Crippen LogP contribution in [0, 0.1) is 18.7 Å². The fourth-order valence-electron chi connectivity index (χ4n) is 3.89. The van der Waals surface area contributed by atoms with Crippen LogP contribution < -0.4 is 15.0 Å². The van der Waals surface area contributed by atoms with E-state index in [-0.39, 0.29) is 36.5 Å². The Bertz CT molecular complexity index is 1360. The van der Waals surface area contributed by atoms with Crippen LogP contribution in [0.5, 0.6) is 5.75 Å². The van der Waals surface area contributed by atoms with Gasteiger partial charge in [0.05, 0.1) is 24.4 Å². The van der Waals surface area contributed by atoms with Gasteiger partial charge in [-0.2, -0.15) is 4.98 Å². The van der Waals surface area contributed by atoms with Gasteiger partial charge in [-0.25, -0.2) is 8.91 Å². The normalized spacial score (nSPS) is 15.9. The molecule has 2 aromatic carbocycles. The molecule has 5 rings (SSSR count). The van der Waals surface area contributed by atoms with Gasteiger partial charge in [0, 0.05) is 23.9 Å². The molecule has 1 saturated heterocycles. The summed E-state index contributed by atoms with van der Waals surface area (Å²) in [5.41, 5.74) is 3.18. The van der Waals surface area contributed by atoms with Gasteiger partial charge in [-0.05, 0) is 48.9 Å². The molecule has 2 amide bonds. The van der Waals surface area contributed by atoms with E-state index >= 15 is 0 Å².